The van der Waals surface area contributed by atoms with Crippen LogP contribution in [-0.2, 0) is 4.74 Å². The van der Waals surface area contributed by atoms with Crippen molar-refractivity contribution in [2.24, 2.45) is 0 Å². The van der Waals surface area contributed by atoms with Crippen molar-refractivity contribution in [2.45, 2.75) is 0 Å². The van der Waals surface area contributed by atoms with Crippen LogP contribution in [0.1, 0.15) is 20.7 Å². The van der Waals surface area contributed by atoms with Gasteiger partial charge in [0.2, 0.25) is 0 Å². The van der Waals surface area contributed by atoms with Crippen molar-refractivity contribution in [3.05, 3.63) is 83.7 Å². The zero-order chi connectivity index (χ0) is 20.1. The summed E-state index contributed by atoms with van der Waals surface area (Å²) in [7, 11) is 1.27. The molecule has 0 atom stereocenters. The smallest absolute Gasteiger partial charge is 0.339 e. The largest absolute Gasteiger partial charge is 0.465 e. The first-order chi connectivity index (χ1) is 13.5. The van der Waals surface area contributed by atoms with Gasteiger partial charge in [-0.15, -0.1) is 0 Å². The van der Waals surface area contributed by atoms with Crippen LogP contribution in [0.5, 0.6) is 0 Å². The molecule has 0 saturated carbocycles. The number of pyridine rings is 1. The van der Waals surface area contributed by atoms with Crippen LogP contribution in [0.4, 0.5) is 25.8 Å². The molecule has 28 heavy (non-hydrogen) atoms. The number of rotatable bonds is 5. The quantitative estimate of drug-likeness (QED) is 0.647. The molecule has 8 heteroatoms. The van der Waals surface area contributed by atoms with E-state index in [0.717, 1.165) is 12.1 Å². The number of hydrogen-bond acceptors (Lipinski definition) is 5. The Kier molecular flexibility index (Phi) is 5.59. The van der Waals surface area contributed by atoms with Gasteiger partial charge in [-0.05, 0) is 30.3 Å². The maximum atomic E-state index is 13.7. The van der Waals surface area contributed by atoms with Crippen LogP contribution < -0.4 is 10.6 Å². The Morgan fingerprint density at radius 2 is 1.71 bits per heavy atom. The first-order valence-corrected chi connectivity index (χ1v) is 8.14. The summed E-state index contributed by atoms with van der Waals surface area (Å²) in [5.41, 5.74) is 0.685. The molecule has 0 unspecified atom stereocenters. The minimum absolute atomic E-state index is 0.0724. The molecule has 0 aliphatic heterocycles. The zero-order valence-electron chi connectivity index (χ0n) is 14.7. The lowest BCUT2D eigenvalue weighted by Gasteiger charge is -2.12. The molecule has 0 aliphatic rings. The van der Waals surface area contributed by atoms with Gasteiger partial charge >= 0.3 is 5.97 Å². The Labute approximate surface area is 159 Å². The van der Waals surface area contributed by atoms with Gasteiger partial charge in [0.1, 0.15) is 17.3 Å². The average molecular weight is 383 g/mol. The molecule has 2 aromatic carbocycles. The molecule has 142 valence electrons. The van der Waals surface area contributed by atoms with Crippen molar-refractivity contribution < 1.29 is 23.1 Å². The fourth-order valence-corrected chi connectivity index (χ4v) is 2.47. The van der Waals surface area contributed by atoms with Crippen molar-refractivity contribution in [2.75, 3.05) is 17.7 Å². The number of halogens is 2. The number of carbonyl (C=O) groups is 2. The van der Waals surface area contributed by atoms with Crippen LogP contribution in [-0.4, -0.2) is 24.0 Å². The van der Waals surface area contributed by atoms with Gasteiger partial charge in [0.05, 0.1) is 35.8 Å². The van der Waals surface area contributed by atoms with Gasteiger partial charge in [0.15, 0.2) is 0 Å². The number of methoxy groups -OCH3 is 1. The fraction of sp³-hybridized carbons (Fsp3) is 0.0500. The zero-order valence-corrected chi connectivity index (χ0v) is 14.7. The third kappa shape index (κ3) is 4.12. The first-order valence-electron chi connectivity index (χ1n) is 8.14. The van der Waals surface area contributed by atoms with E-state index in [1.807, 2.05) is 0 Å². The maximum absolute atomic E-state index is 13.7. The van der Waals surface area contributed by atoms with Gasteiger partial charge in [-0.1, -0.05) is 18.2 Å². The SMILES string of the molecule is COC(=O)c1ccccc1Nc1cncc(C(=O)Nc2c(F)cccc2F)c1. The Bertz CT molecular complexity index is 1020. The summed E-state index contributed by atoms with van der Waals surface area (Å²) in [6.45, 7) is 0. The molecule has 0 fully saturated rings. The van der Waals surface area contributed by atoms with Crippen molar-refractivity contribution in [1.29, 1.82) is 0 Å². The number of nitrogens with one attached hydrogen (secondary N) is 2. The minimum atomic E-state index is -0.886. The van der Waals surface area contributed by atoms with E-state index in [0.29, 0.717) is 16.9 Å². The molecule has 1 amide bonds. The number of benzene rings is 2. The topological polar surface area (TPSA) is 80.3 Å². The van der Waals surface area contributed by atoms with Crippen LogP contribution in [0.3, 0.4) is 0 Å². The lowest BCUT2D eigenvalue weighted by atomic mass is 10.1. The second kappa shape index (κ2) is 8.26. The monoisotopic (exact) mass is 383 g/mol. The number of carbonyl (C=O) groups excluding carboxylic acids is 2. The van der Waals surface area contributed by atoms with E-state index in [-0.39, 0.29) is 5.56 Å². The lowest BCUT2D eigenvalue weighted by Crippen LogP contribution is -2.15. The van der Waals surface area contributed by atoms with E-state index in [9.17, 15) is 18.4 Å². The second-order valence-corrected chi connectivity index (χ2v) is 5.68. The molecule has 6 nitrogen and oxygen atoms in total. The molecule has 3 aromatic rings. The summed E-state index contributed by atoms with van der Waals surface area (Å²) in [6, 6.07) is 11.4. The highest BCUT2D eigenvalue weighted by Crippen LogP contribution is 2.23. The molecule has 3 rings (SSSR count). The molecule has 0 spiro atoms. The molecule has 0 radical (unpaired) electrons. The van der Waals surface area contributed by atoms with E-state index in [2.05, 4.69) is 15.6 Å². The summed E-state index contributed by atoms with van der Waals surface area (Å²) >= 11 is 0. The van der Waals surface area contributed by atoms with E-state index < -0.39 is 29.2 Å². The van der Waals surface area contributed by atoms with Gasteiger partial charge in [-0.2, -0.15) is 0 Å². The van der Waals surface area contributed by atoms with Crippen LogP contribution in [0.15, 0.2) is 60.9 Å². The number of nitrogens with zero attached hydrogens (tertiary/aromatic N) is 1. The van der Waals surface area contributed by atoms with Gasteiger partial charge < -0.3 is 15.4 Å². The van der Waals surface area contributed by atoms with Gasteiger partial charge in [-0.3, -0.25) is 9.78 Å². The van der Waals surface area contributed by atoms with Crippen LogP contribution >= 0.6 is 0 Å². The molecule has 2 N–H and O–H groups in total. The molecule has 1 aromatic heterocycles. The average Bonchev–Trinajstić information content (AvgIpc) is 2.71. The van der Waals surface area contributed by atoms with Crippen molar-refractivity contribution in [3.8, 4) is 0 Å². The summed E-state index contributed by atoms with van der Waals surface area (Å²) < 4.78 is 32.2. The van der Waals surface area contributed by atoms with Gasteiger partial charge in [-0.25, -0.2) is 13.6 Å². The molecular weight excluding hydrogens is 368 g/mol. The highest BCUT2D eigenvalue weighted by atomic mass is 19.1. The summed E-state index contributed by atoms with van der Waals surface area (Å²) in [6.07, 6.45) is 2.69. The standard InChI is InChI=1S/C20H15F2N3O3/c1-28-20(27)14-5-2-3-8-17(14)24-13-9-12(10-23-11-13)19(26)25-18-15(21)6-4-7-16(18)22/h2-11,24H,1H3,(H,25,26). The lowest BCUT2D eigenvalue weighted by molar-refractivity contribution is 0.0601. The number of anilines is 3. The number of amides is 1. The Balaban J connectivity index is 1.83. The molecule has 0 bridgehead atoms. The van der Waals surface area contributed by atoms with Gasteiger partial charge in [0.25, 0.3) is 5.91 Å². The number of esters is 1. The highest BCUT2D eigenvalue weighted by molar-refractivity contribution is 6.05. The van der Waals surface area contributed by atoms with Crippen molar-refractivity contribution in [3.63, 3.8) is 0 Å². The third-order valence-electron chi connectivity index (χ3n) is 3.81. The predicted octanol–water partition coefficient (Wildman–Crippen LogP) is 4.14. The van der Waals surface area contributed by atoms with E-state index in [4.69, 9.17) is 4.74 Å². The Morgan fingerprint density at radius 3 is 2.43 bits per heavy atom. The molecule has 0 saturated heterocycles. The molecule has 0 aliphatic carbocycles. The van der Waals surface area contributed by atoms with E-state index in [1.54, 1.807) is 24.3 Å². The second-order valence-electron chi connectivity index (χ2n) is 5.68. The number of hydrogen-bond donors (Lipinski definition) is 2. The van der Waals surface area contributed by atoms with Crippen molar-refractivity contribution >= 4 is 28.9 Å². The molecule has 1 heterocycles. The fourth-order valence-electron chi connectivity index (χ4n) is 2.47. The number of para-hydroxylation sites is 2. The third-order valence-corrected chi connectivity index (χ3v) is 3.81. The van der Waals surface area contributed by atoms with Crippen LogP contribution in [0, 0.1) is 11.6 Å². The summed E-state index contributed by atoms with van der Waals surface area (Å²) in [4.78, 5) is 28.2. The van der Waals surface area contributed by atoms with E-state index in [1.165, 1.54) is 31.6 Å². The van der Waals surface area contributed by atoms with Gasteiger partial charge in [0, 0.05) is 6.20 Å². The Morgan fingerprint density at radius 1 is 1.00 bits per heavy atom. The number of aromatic nitrogens is 1. The van der Waals surface area contributed by atoms with E-state index >= 15 is 0 Å². The first kappa shape index (κ1) is 19.0. The van der Waals surface area contributed by atoms with Crippen molar-refractivity contribution in [1.82, 2.24) is 4.98 Å². The summed E-state index contributed by atoms with van der Waals surface area (Å²) in [5.74, 6) is -3.04. The van der Waals surface area contributed by atoms with Crippen LogP contribution in [0.25, 0.3) is 0 Å². The highest BCUT2D eigenvalue weighted by Gasteiger charge is 2.15. The minimum Gasteiger partial charge on any atom is -0.465 e. The Hall–Kier alpha value is -3.81. The summed E-state index contributed by atoms with van der Waals surface area (Å²) in [5, 5.41) is 5.17. The van der Waals surface area contributed by atoms with Crippen LogP contribution in [0.2, 0.25) is 0 Å². The predicted molar refractivity (Wildman–Crippen MR) is 99.6 cm³/mol. The number of ether oxygens (including phenoxy) is 1. The normalized spacial score (nSPS) is 10.2. The maximum Gasteiger partial charge on any atom is 0.339 e. The molecular formula is C20H15F2N3O3.